The van der Waals surface area contributed by atoms with Crippen LogP contribution in [0.2, 0.25) is 0 Å². The first-order chi connectivity index (χ1) is 10.9. The van der Waals surface area contributed by atoms with Crippen molar-refractivity contribution >= 4 is 23.2 Å². The zero-order valence-corrected chi connectivity index (χ0v) is 13.8. The van der Waals surface area contributed by atoms with E-state index >= 15 is 0 Å². The van der Waals surface area contributed by atoms with Crippen LogP contribution < -0.4 is 5.32 Å². The second-order valence-electron chi connectivity index (χ2n) is 6.66. The number of hydrogen-bond acceptors (Lipinski definition) is 3. The Hall–Kier alpha value is -2.36. The number of hydrogen-bond donors (Lipinski definition) is 1. The highest BCUT2D eigenvalue weighted by atomic mass is 16.6. The molecule has 0 radical (unpaired) electrons. The largest absolute Gasteiger partial charge is 0.444 e. The zero-order valence-electron chi connectivity index (χ0n) is 13.8. The number of benzene rings is 2. The Bertz CT molecular complexity index is 688. The van der Waals surface area contributed by atoms with E-state index in [2.05, 4.69) is 17.4 Å². The Balaban J connectivity index is 1.95. The number of nitrogens with one attached hydrogen (secondary N) is 1. The lowest BCUT2D eigenvalue weighted by Crippen LogP contribution is -2.36. The van der Waals surface area contributed by atoms with Gasteiger partial charge in [-0.2, -0.15) is 0 Å². The molecule has 23 heavy (non-hydrogen) atoms. The minimum Gasteiger partial charge on any atom is -0.444 e. The SMILES string of the molecule is CC(C)(C)OC(=O)NCC(C=O)Cc1ccc2ccccc2c1. The van der Waals surface area contributed by atoms with Crippen LogP contribution in [0.4, 0.5) is 4.79 Å². The molecule has 0 bridgehead atoms. The summed E-state index contributed by atoms with van der Waals surface area (Å²) in [5.41, 5.74) is 0.533. The van der Waals surface area contributed by atoms with Gasteiger partial charge in [0.1, 0.15) is 11.9 Å². The number of carbonyl (C=O) groups excluding carboxylic acids is 2. The smallest absolute Gasteiger partial charge is 0.407 e. The van der Waals surface area contributed by atoms with Gasteiger partial charge in [0.25, 0.3) is 0 Å². The van der Waals surface area contributed by atoms with Crippen LogP contribution in [-0.4, -0.2) is 24.5 Å². The molecular weight excluding hydrogens is 290 g/mol. The molecule has 0 saturated carbocycles. The fourth-order valence-electron chi connectivity index (χ4n) is 2.37. The molecule has 1 amide bonds. The molecule has 0 spiro atoms. The van der Waals surface area contributed by atoms with E-state index in [9.17, 15) is 9.59 Å². The topological polar surface area (TPSA) is 55.4 Å². The lowest BCUT2D eigenvalue weighted by molar-refractivity contribution is -0.110. The number of aldehydes is 1. The van der Waals surface area contributed by atoms with Crippen molar-refractivity contribution in [3.63, 3.8) is 0 Å². The Morgan fingerprint density at radius 3 is 2.52 bits per heavy atom. The summed E-state index contributed by atoms with van der Waals surface area (Å²) in [6.45, 7) is 5.68. The van der Waals surface area contributed by atoms with Crippen molar-refractivity contribution in [1.82, 2.24) is 5.32 Å². The first kappa shape index (κ1) is 17.0. The molecule has 0 saturated heterocycles. The van der Waals surface area contributed by atoms with Gasteiger partial charge in [-0.15, -0.1) is 0 Å². The average molecular weight is 313 g/mol. The van der Waals surface area contributed by atoms with Crippen molar-refractivity contribution in [3.05, 3.63) is 48.0 Å². The van der Waals surface area contributed by atoms with E-state index < -0.39 is 11.7 Å². The molecule has 0 aliphatic rings. The van der Waals surface area contributed by atoms with E-state index in [1.807, 2.05) is 30.3 Å². The molecule has 122 valence electrons. The zero-order chi connectivity index (χ0) is 16.9. The summed E-state index contributed by atoms with van der Waals surface area (Å²) in [4.78, 5) is 22.9. The minimum absolute atomic E-state index is 0.269. The average Bonchev–Trinajstić information content (AvgIpc) is 2.49. The molecule has 4 nitrogen and oxygen atoms in total. The highest BCUT2D eigenvalue weighted by Gasteiger charge is 2.17. The predicted molar refractivity (Wildman–Crippen MR) is 91.4 cm³/mol. The van der Waals surface area contributed by atoms with E-state index in [0.717, 1.165) is 17.2 Å². The predicted octanol–water partition coefficient (Wildman–Crippen LogP) is 3.72. The Labute approximate surface area is 136 Å². The van der Waals surface area contributed by atoms with Crippen molar-refractivity contribution in [2.24, 2.45) is 5.92 Å². The summed E-state index contributed by atoms with van der Waals surface area (Å²) >= 11 is 0. The van der Waals surface area contributed by atoms with Crippen molar-refractivity contribution in [2.45, 2.75) is 32.8 Å². The standard InChI is InChI=1S/C19H23NO3/c1-19(2,3)23-18(22)20-12-15(13-21)10-14-8-9-16-6-4-5-7-17(16)11-14/h4-9,11,13,15H,10,12H2,1-3H3,(H,20,22). The molecule has 0 fully saturated rings. The minimum atomic E-state index is -0.543. The molecular formula is C19H23NO3. The van der Waals surface area contributed by atoms with Crippen LogP contribution in [-0.2, 0) is 16.0 Å². The van der Waals surface area contributed by atoms with Crippen LogP contribution in [0.5, 0.6) is 0 Å². The maximum Gasteiger partial charge on any atom is 0.407 e. The number of alkyl carbamates (subject to hydrolysis) is 1. The van der Waals surface area contributed by atoms with Crippen LogP contribution in [0.15, 0.2) is 42.5 Å². The van der Waals surface area contributed by atoms with E-state index in [-0.39, 0.29) is 12.5 Å². The van der Waals surface area contributed by atoms with Gasteiger partial charge in [-0.1, -0.05) is 42.5 Å². The summed E-state index contributed by atoms with van der Waals surface area (Å²) in [5, 5.41) is 4.98. The normalized spacial score (nSPS) is 12.7. The number of fused-ring (bicyclic) bond motifs is 1. The van der Waals surface area contributed by atoms with Crippen LogP contribution in [0.3, 0.4) is 0 Å². The third kappa shape index (κ3) is 5.40. The van der Waals surface area contributed by atoms with Crippen LogP contribution in [0, 0.1) is 5.92 Å². The van der Waals surface area contributed by atoms with E-state index in [0.29, 0.717) is 6.42 Å². The first-order valence-electron chi connectivity index (χ1n) is 7.77. The van der Waals surface area contributed by atoms with E-state index in [1.165, 1.54) is 5.39 Å². The monoisotopic (exact) mass is 313 g/mol. The first-order valence-corrected chi connectivity index (χ1v) is 7.77. The molecule has 1 atom stereocenters. The molecule has 0 heterocycles. The van der Waals surface area contributed by atoms with E-state index in [1.54, 1.807) is 20.8 Å². The van der Waals surface area contributed by atoms with Crippen molar-refractivity contribution in [1.29, 1.82) is 0 Å². The lowest BCUT2D eigenvalue weighted by atomic mass is 9.98. The van der Waals surface area contributed by atoms with Crippen LogP contribution in [0.1, 0.15) is 26.3 Å². The summed E-state index contributed by atoms with van der Waals surface area (Å²) in [6.07, 6.45) is 0.972. The van der Waals surface area contributed by atoms with Gasteiger partial charge >= 0.3 is 6.09 Å². The Kier molecular flexibility index (Phi) is 5.37. The number of rotatable bonds is 5. The fourth-order valence-corrected chi connectivity index (χ4v) is 2.37. The third-order valence-electron chi connectivity index (χ3n) is 3.41. The molecule has 1 unspecified atom stereocenters. The number of amides is 1. The maximum absolute atomic E-state index is 11.7. The van der Waals surface area contributed by atoms with Gasteiger partial charge in [-0.3, -0.25) is 0 Å². The summed E-state index contributed by atoms with van der Waals surface area (Å²) in [6, 6.07) is 14.3. The van der Waals surface area contributed by atoms with Crippen molar-refractivity contribution in [3.8, 4) is 0 Å². The molecule has 0 aromatic heterocycles. The van der Waals surface area contributed by atoms with Gasteiger partial charge in [0.2, 0.25) is 0 Å². The van der Waals surface area contributed by atoms with Crippen molar-refractivity contribution < 1.29 is 14.3 Å². The lowest BCUT2D eigenvalue weighted by Gasteiger charge is -2.20. The second kappa shape index (κ2) is 7.27. The Morgan fingerprint density at radius 2 is 1.87 bits per heavy atom. The summed E-state index contributed by atoms with van der Waals surface area (Å²) < 4.78 is 5.17. The molecule has 0 aliphatic carbocycles. The highest BCUT2D eigenvalue weighted by molar-refractivity contribution is 5.83. The molecule has 1 N–H and O–H groups in total. The molecule has 2 aromatic rings. The number of carbonyl (C=O) groups is 2. The second-order valence-corrected chi connectivity index (χ2v) is 6.66. The summed E-state index contributed by atoms with van der Waals surface area (Å²) in [5.74, 6) is -0.274. The Morgan fingerprint density at radius 1 is 1.17 bits per heavy atom. The van der Waals surface area contributed by atoms with Gasteiger partial charge in [0, 0.05) is 12.5 Å². The van der Waals surface area contributed by atoms with Crippen LogP contribution in [0.25, 0.3) is 10.8 Å². The molecule has 2 aromatic carbocycles. The molecule has 2 rings (SSSR count). The van der Waals surface area contributed by atoms with E-state index in [4.69, 9.17) is 4.74 Å². The quantitative estimate of drug-likeness (QED) is 0.856. The van der Waals surface area contributed by atoms with Gasteiger partial charge in [0.15, 0.2) is 0 Å². The van der Waals surface area contributed by atoms with Gasteiger partial charge in [-0.25, -0.2) is 4.79 Å². The fraction of sp³-hybridized carbons (Fsp3) is 0.368. The highest BCUT2D eigenvalue weighted by Crippen LogP contribution is 2.17. The third-order valence-corrected chi connectivity index (χ3v) is 3.41. The van der Waals surface area contributed by atoms with Crippen LogP contribution >= 0.6 is 0 Å². The van der Waals surface area contributed by atoms with Crippen molar-refractivity contribution in [2.75, 3.05) is 6.54 Å². The maximum atomic E-state index is 11.7. The molecule has 0 aliphatic heterocycles. The van der Waals surface area contributed by atoms with Gasteiger partial charge in [0.05, 0.1) is 0 Å². The summed E-state index contributed by atoms with van der Waals surface area (Å²) in [7, 11) is 0. The van der Waals surface area contributed by atoms with Gasteiger partial charge in [-0.05, 0) is 43.5 Å². The van der Waals surface area contributed by atoms with Gasteiger partial charge < -0.3 is 14.8 Å². The molecule has 4 heteroatoms. The number of ether oxygens (including phenoxy) is 1.